The number of aromatic nitrogens is 2. The summed E-state index contributed by atoms with van der Waals surface area (Å²) in [6, 6.07) is 1.43. The molecule has 54 valence electrons. The van der Waals surface area contributed by atoms with Crippen LogP contribution in [0, 0.1) is 0 Å². The largest absolute Gasteiger partial charge is 0.388 e. The number of hydrogen-bond donors (Lipinski definition) is 3. The third-order valence-electron chi connectivity index (χ3n) is 0.954. The molecule has 1 heterocycles. The fraction of sp³-hybridized carbons (Fsp3) is 0.200. The van der Waals surface area contributed by atoms with Gasteiger partial charge in [-0.1, -0.05) is 0 Å². The molecule has 0 aliphatic heterocycles. The molecule has 0 atom stereocenters. The smallest absolute Gasteiger partial charge is 0.158 e. The number of aliphatic hydroxyl groups excluding tert-OH is 1. The van der Waals surface area contributed by atoms with Crippen molar-refractivity contribution in [3.63, 3.8) is 0 Å². The normalized spacial score (nSPS) is 9.70. The Hall–Kier alpha value is -1.36. The molecular formula is C5H8N4O. The average molecular weight is 140 g/mol. The van der Waals surface area contributed by atoms with Gasteiger partial charge >= 0.3 is 0 Å². The lowest BCUT2D eigenvalue weighted by Crippen LogP contribution is -2.02. The molecule has 0 saturated carbocycles. The Balaban J connectivity index is 3.06. The van der Waals surface area contributed by atoms with E-state index in [4.69, 9.17) is 16.6 Å². The Labute approximate surface area is 57.7 Å². The molecule has 0 amide bonds. The molecule has 0 fully saturated rings. The van der Waals surface area contributed by atoms with Gasteiger partial charge in [-0.3, -0.25) is 0 Å². The highest BCUT2D eigenvalue weighted by atomic mass is 16.3. The number of nitrogen functional groups attached to an aromatic ring is 2. The summed E-state index contributed by atoms with van der Waals surface area (Å²) in [7, 11) is 0. The zero-order valence-corrected chi connectivity index (χ0v) is 5.28. The van der Waals surface area contributed by atoms with E-state index in [1.807, 2.05) is 0 Å². The lowest BCUT2D eigenvalue weighted by Gasteiger charge is -1.97. The van der Waals surface area contributed by atoms with Crippen molar-refractivity contribution in [2.75, 3.05) is 11.5 Å². The summed E-state index contributed by atoms with van der Waals surface area (Å²) in [5.41, 5.74) is 10.6. The van der Waals surface area contributed by atoms with Crippen molar-refractivity contribution in [1.29, 1.82) is 0 Å². The van der Waals surface area contributed by atoms with Gasteiger partial charge in [-0.05, 0) is 0 Å². The molecule has 10 heavy (non-hydrogen) atoms. The van der Waals surface area contributed by atoms with E-state index >= 15 is 0 Å². The first-order valence-electron chi connectivity index (χ1n) is 2.72. The highest BCUT2D eigenvalue weighted by Crippen LogP contribution is 2.03. The van der Waals surface area contributed by atoms with Crippen molar-refractivity contribution in [1.82, 2.24) is 9.97 Å². The third kappa shape index (κ3) is 1.32. The van der Waals surface area contributed by atoms with Gasteiger partial charge in [0.05, 0.1) is 0 Å². The van der Waals surface area contributed by atoms with Crippen molar-refractivity contribution in [2.24, 2.45) is 0 Å². The first-order chi connectivity index (χ1) is 4.72. The van der Waals surface area contributed by atoms with Crippen molar-refractivity contribution in [2.45, 2.75) is 6.61 Å². The van der Waals surface area contributed by atoms with Crippen molar-refractivity contribution < 1.29 is 5.11 Å². The Morgan fingerprint density at radius 3 is 2.20 bits per heavy atom. The molecule has 5 heteroatoms. The summed E-state index contributed by atoms with van der Waals surface area (Å²) in [5, 5.41) is 8.55. The fourth-order valence-electron chi connectivity index (χ4n) is 0.610. The SMILES string of the molecule is Nc1cc(N)nc(CO)n1. The highest BCUT2D eigenvalue weighted by molar-refractivity contribution is 5.40. The Morgan fingerprint density at radius 1 is 1.30 bits per heavy atom. The summed E-state index contributed by atoms with van der Waals surface area (Å²) in [6.07, 6.45) is 0. The van der Waals surface area contributed by atoms with E-state index in [-0.39, 0.29) is 24.1 Å². The van der Waals surface area contributed by atoms with Crippen LogP contribution in [0.25, 0.3) is 0 Å². The van der Waals surface area contributed by atoms with Crippen LogP contribution in [0.15, 0.2) is 6.07 Å². The molecule has 0 bridgehead atoms. The molecule has 0 aliphatic rings. The molecule has 1 rings (SSSR count). The number of anilines is 2. The van der Waals surface area contributed by atoms with E-state index < -0.39 is 0 Å². The van der Waals surface area contributed by atoms with Crippen LogP contribution in [0.2, 0.25) is 0 Å². The van der Waals surface area contributed by atoms with Gasteiger partial charge in [-0.2, -0.15) is 0 Å². The predicted octanol–water partition coefficient (Wildman–Crippen LogP) is -0.867. The molecule has 1 aromatic heterocycles. The first kappa shape index (κ1) is 6.76. The van der Waals surface area contributed by atoms with Crippen LogP contribution < -0.4 is 11.5 Å². The van der Waals surface area contributed by atoms with E-state index in [1.54, 1.807) is 0 Å². The topological polar surface area (TPSA) is 98.1 Å². The minimum absolute atomic E-state index is 0.241. The van der Waals surface area contributed by atoms with Crippen LogP contribution in [-0.4, -0.2) is 15.1 Å². The summed E-state index contributed by atoms with van der Waals surface area (Å²) in [4.78, 5) is 7.38. The Bertz CT molecular complexity index is 217. The fourth-order valence-corrected chi connectivity index (χ4v) is 0.610. The molecule has 0 aromatic carbocycles. The molecule has 0 saturated heterocycles. The number of nitrogens with two attached hydrogens (primary N) is 2. The second kappa shape index (κ2) is 2.49. The second-order valence-corrected chi connectivity index (χ2v) is 1.79. The molecule has 0 aliphatic carbocycles. The van der Waals surface area contributed by atoms with Crippen LogP contribution in [0.4, 0.5) is 11.6 Å². The summed E-state index contributed by atoms with van der Waals surface area (Å²) < 4.78 is 0. The van der Waals surface area contributed by atoms with Gasteiger partial charge in [-0.15, -0.1) is 0 Å². The maximum absolute atomic E-state index is 8.55. The van der Waals surface area contributed by atoms with E-state index in [1.165, 1.54) is 6.07 Å². The standard InChI is InChI=1S/C5H8N4O/c6-3-1-4(7)9-5(2-10)8-3/h1,10H,2H2,(H4,6,7,8,9). The van der Waals surface area contributed by atoms with Gasteiger partial charge < -0.3 is 16.6 Å². The van der Waals surface area contributed by atoms with Gasteiger partial charge in [0.1, 0.15) is 18.2 Å². The van der Waals surface area contributed by atoms with E-state index in [9.17, 15) is 0 Å². The van der Waals surface area contributed by atoms with Crippen LogP contribution >= 0.6 is 0 Å². The maximum atomic E-state index is 8.55. The maximum Gasteiger partial charge on any atom is 0.158 e. The van der Waals surface area contributed by atoms with Gasteiger partial charge in [0.25, 0.3) is 0 Å². The van der Waals surface area contributed by atoms with Crippen molar-refractivity contribution in [3.05, 3.63) is 11.9 Å². The Kier molecular flexibility index (Phi) is 1.68. The highest BCUT2D eigenvalue weighted by Gasteiger charge is 1.96. The van der Waals surface area contributed by atoms with Gasteiger partial charge in [0, 0.05) is 6.07 Å². The first-order valence-corrected chi connectivity index (χ1v) is 2.72. The second-order valence-electron chi connectivity index (χ2n) is 1.79. The molecule has 5 nitrogen and oxygen atoms in total. The lowest BCUT2D eigenvalue weighted by atomic mass is 10.5. The zero-order chi connectivity index (χ0) is 7.56. The minimum atomic E-state index is -0.241. The van der Waals surface area contributed by atoms with E-state index in [2.05, 4.69) is 9.97 Å². The summed E-state index contributed by atoms with van der Waals surface area (Å²) in [6.45, 7) is -0.241. The lowest BCUT2D eigenvalue weighted by molar-refractivity contribution is 0.271. The van der Waals surface area contributed by atoms with E-state index in [0.717, 1.165) is 0 Å². The summed E-state index contributed by atoms with van der Waals surface area (Å²) in [5.74, 6) is 0.797. The molecule has 1 aromatic rings. The van der Waals surface area contributed by atoms with Gasteiger partial charge in [0.2, 0.25) is 0 Å². The van der Waals surface area contributed by atoms with Crippen molar-refractivity contribution >= 4 is 11.6 Å². The molecule has 5 N–H and O–H groups in total. The van der Waals surface area contributed by atoms with Gasteiger partial charge in [-0.25, -0.2) is 9.97 Å². The number of aliphatic hydroxyl groups is 1. The quantitative estimate of drug-likeness (QED) is 0.471. The number of rotatable bonds is 1. The Morgan fingerprint density at radius 2 is 1.80 bits per heavy atom. The monoisotopic (exact) mass is 140 g/mol. The van der Waals surface area contributed by atoms with Crippen LogP contribution in [0.3, 0.4) is 0 Å². The van der Waals surface area contributed by atoms with E-state index in [0.29, 0.717) is 0 Å². The van der Waals surface area contributed by atoms with Crippen LogP contribution in [0.1, 0.15) is 5.82 Å². The predicted molar refractivity (Wildman–Crippen MR) is 36.8 cm³/mol. The van der Waals surface area contributed by atoms with Crippen LogP contribution in [-0.2, 0) is 6.61 Å². The molecule has 0 radical (unpaired) electrons. The molecule has 0 unspecified atom stereocenters. The summed E-state index contributed by atoms with van der Waals surface area (Å²) >= 11 is 0. The van der Waals surface area contributed by atoms with Crippen LogP contribution in [0.5, 0.6) is 0 Å². The zero-order valence-electron chi connectivity index (χ0n) is 5.28. The third-order valence-corrected chi connectivity index (χ3v) is 0.954. The average Bonchev–Trinajstić information content (AvgIpc) is 1.85. The number of nitrogens with zero attached hydrogens (tertiary/aromatic N) is 2. The van der Waals surface area contributed by atoms with Crippen molar-refractivity contribution in [3.8, 4) is 0 Å². The molecular weight excluding hydrogens is 132 g/mol. The number of hydrogen-bond acceptors (Lipinski definition) is 5. The molecule has 0 spiro atoms. The minimum Gasteiger partial charge on any atom is -0.388 e. The van der Waals surface area contributed by atoms with Gasteiger partial charge in [0.15, 0.2) is 5.82 Å².